The minimum Gasteiger partial charge on any atom is -0.375 e. The van der Waals surface area contributed by atoms with Gasteiger partial charge in [-0.2, -0.15) is 0 Å². The summed E-state index contributed by atoms with van der Waals surface area (Å²) < 4.78 is 0. The predicted molar refractivity (Wildman–Crippen MR) is 78.3 cm³/mol. The molecule has 96 valence electrons. The summed E-state index contributed by atoms with van der Waals surface area (Å²) in [5.41, 5.74) is 7.96. The molecule has 0 unspecified atom stereocenters. The van der Waals surface area contributed by atoms with Gasteiger partial charge in [0.15, 0.2) is 5.13 Å². The lowest BCUT2D eigenvalue weighted by Crippen LogP contribution is -2.13. The summed E-state index contributed by atoms with van der Waals surface area (Å²) in [7, 11) is 0. The van der Waals surface area contributed by atoms with Crippen LogP contribution in [-0.4, -0.2) is 9.97 Å². The molecule has 1 aliphatic rings. The van der Waals surface area contributed by atoms with E-state index in [1.165, 1.54) is 39.8 Å². The third-order valence-corrected chi connectivity index (χ3v) is 4.95. The second-order valence-electron chi connectivity index (χ2n) is 5.83. The standard InChI is InChI=1S/C13H17N3S2/c1-13(2,3)10-9(8-6-17-12(14)15-8)18-11(16-10)7-4-5-7/h6-7H,4-5H2,1-3H3,(H2,14,15). The summed E-state index contributed by atoms with van der Waals surface area (Å²) in [5, 5.41) is 3.95. The maximum Gasteiger partial charge on any atom is 0.180 e. The van der Waals surface area contributed by atoms with Crippen LogP contribution in [0.15, 0.2) is 5.38 Å². The van der Waals surface area contributed by atoms with Gasteiger partial charge in [0, 0.05) is 16.7 Å². The van der Waals surface area contributed by atoms with Crippen LogP contribution in [0.1, 0.15) is 50.2 Å². The predicted octanol–water partition coefficient (Wildman–Crippen LogP) is 4.02. The highest BCUT2D eigenvalue weighted by molar-refractivity contribution is 7.16. The minimum absolute atomic E-state index is 0.0529. The number of anilines is 1. The van der Waals surface area contributed by atoms with Crippen molar-refractivity contribution in [2.24, 2.45) is 0 Å². The molecule has 2 heterocycles. The van der Waals surface area contributed by atoms with Gasteiger partial charge in [-0.25, -0.2) is 9.97 Å². The van der Waals surface area contributed by atoms with Crippen molar-refractivity contribution in [3.63, 3.8) is 0 Å². The Morgan fingerprint density at radius 2 is 2.00 bits per heavy atom. The number of aromatic nitrogens is 2. The fraction of sp³-hybridized carbons (Fsp3) is 0.538. The molecule has 2 aromatic rings. The molecular weight excluding hydrogens is 262 g/mol. The van der Waals surface area contributed by atoms with Gasteiger partial charge in [-0.1, -0.05) is 20.8 Å². The van der Waals surface area contributed by atoms with Crippen LogP contribution in [-0.2, 0) is 5.41 Å². The van der Waals surface area contributed by atoms with Crippen LogP contribution in [0.4, 0.5) is 5.13 Å². The molecule has 2 N–H and O–H groups in total. The quantitative estimate of drug-likeness (QED) is 0.903. The average Bonchev–Trinajstić information content (AvgIpc) is 2.87. The van der Waals surface area contributed by atoms with Gasteiger partial charge in [-0.05, 0) is 12.8 Å². The zero-order chi connectivity index (χ0) is 12.9. The topological polar surface area (TPSA) is 51.8 Å². The van der Waals surface area contributed by atoms with E-state index in [1.807, 2.05) is 5.38 Å². The van der Waals surface area contributed by atoms with E-state index in [1.54, 1.807) is 11.3 Å². The van der Waals surface area contributed by atoms with E-state index in [0.717, 1.165) is 5.69 Å². The first-order valence-corrected chi connectivity index (χ1v) is 7.87. The molecular formula is C13H17N3S2. The van der Waals surface area contributed by atoms with Gasteiger partial charge in [0.1, 0.15) is 0 Å². The lowest BCUT2D eigenvalue weighted by molar-refractivity contribution is 0.572. The SMILES string of the molecule is CC(C)(C)c1nc(C2CC2)sc1-c1csc(N)n1. The number of nitrogen functional groups attached to an aromatic ring is 1. The fourth-order valence-electron chi connectivity index (χ4n) is 1.92. The first kappa shape index (κ1) is 12.1. The summed E-state index contributed by atoms with van der Waals surface area (Å²) >= 11 is 3.30. The van der Waals surface area contributed by atoms with Crippen LogP contribution in [0, 0.1) is 0 Å². The van der Waals surface area contributed by atoms with Gasteiger partial charge in [-0.15, -0.1) is 22.7 Å². The molecule has 0 bridgehead atoms. The summed E-state index contributed by atoms with van der Waals surface area (Å²) in [6.45, 7) is 6.62. The number of thiazole rings is 2. The molecule has 0 saturated heterocycles. The largest absolute Gasteiger partial charge is 0.375 e. The Labute approximate surface area is 115 Å². The van der Waals surface area contributed by atoms with E-state index in [0.29, 0.717) is 11.0 Å². The van der Waals surface area contributed by atoms with E-state index >= 15 is 0 Å². The van der Waals surface area contributed by atoms with Gasteiger partial charge in [0.25, 0.3) is 0 Å². The normalized spacial score (nSPS) is 16.2. The van der Waals surface area contributed by atoms with Gasteiger partial charge >= 0.3 is 0 Å². The van der Waals surface area contributed by atoms with Gasteiger partial charge in [-0.3, -0.25) is 0 Å². The molecule has 2 aromatic heterocycles. The monoisotopic (exact) mass is 279 g/mol. The van der Waals surface area contributed by atoms with Crippen molar-refractivity contribution in [3.8, 4) is 10.6 Å². The zero-order valence-corrected chi connectivity index (χ0v) is 12.5. The lowest BCUT2D eigenvalue weighted by Gasteiger charge is -2.16. The Morgan fingerprint density at radius 3 is 2.50 bits per heavy atom. The van der Waals surface area contributed by atoms with Gasteiger partial charge in [0.05, 0.1) is 21.3 Å². The summed E-state index contributed by atoms with van der Waals surface area (Å²) in [6.07, 6.45) is 2.57. The van der Waals surface area contributed by atoms with Crippen LogP contribution in [0.5, 0.6) is 0 Å². The fourth-order valence-corrected chi connectivity index (χ4v) is 3.95. The van der Waals surface area contributed by atoms with Crippen molar-refractivity contribution in [2.45, 2.75) is 44.9 Å². The average molecular weight is 279 g/mol. The molecule has 0 atom stereocenters. The molecule has 1 fully saturated rings. The maximum absolute atomic E-state index is 5.75. The first-order chi connectivity index (χ1) is 8.45. The van der Waals surface area contributed by atoms with Crippen LogP contribution in [0.3, 0.4) is 0 Å². The minimum atomic E-state index is 0.0529. The maximum atomic E-state index is 5.75. The molecule has 1 aliphatic carbocycles. The van der Waals surface area contributed by atoms with Crippen molar-refractivity contribution in [1.29, 1.82) is 0 Å². The molecule has 0 aromatic carbocycles. The highest BCUT2D eigenvalue weighted by atomic mass is 32.1. The van der Waals surface area contributed by atoms with Crippen LogP contribution < -0.4 is 5.73 Å². The number of rotatable bonds is 2. The van der Waals surface area contributed by atoms with Crippen molar-refractivity contribution in [3.05, 3.63) is 16.1 Å². The Hall–Kier alpha value is -0.940. The van der Waals surface area contributed by atoms with Gasteiger partial charge in [0.2, 0.25) is 0 Å². The second-order valence-corrected chi connectivity index (χ2v) is 7.75. The lowest BCUT2D eigenvalue weighted by atomic mass is 9.91. The van der Waals surface area contributed by atoms with E-state index in [9.17, 15) is 0 Å². The van der Waals surface area contributed by atoms with Crippen molar-refractivity contribution in [1.82, 2.24) is 9.97 Å². The summed E-state index contributed by atoms with van der Waals surface area (Å²) in [5.74, 6) is 0.695. The highest BCUT2D eigenvalue weighted by Crippen LogP contribution is 2.47. The number of nitrogens with two attached hydrogens (primary N) is 1. The third kappa shape index (κ3) is 2.17. The first-order valence-electron chi connectivity index (χ1n) is 6.18. The van der Waals surface area contributed by atoms with Crippen LogP contribution in [0.25, 0.3) is 10.6 Å². The van der Waals surface area contributed by atoms with Gasteiger partial charge < -0.3 is 5.73 Å². The molecule has 1 saturated carbocycles. The third-order valence-electron chi connectivity index (χ3n) is 3.04. The molecule has 5 heteroatoms. The molecule has 3 nitrogen and oxygen atoms in total. The van der Waals surface area contributed by atoms with E-state index in [4.69, 9.17) is 10.7 Å². The highest BCUT2D eigenvalue weighted by Gasteiger charge is 2.32. The Morgan fingerprint density at radius 1 is 1.28 bits per heavy atom. The van der Waals surface area contributed by atoms with E-state index in [-0.39, 0.29) is 5.41 Å². The second kappa shape index (κ2) is 4.03. The van der Waals surface area contributed by atoms with Crippen LogP contribution >= 0.6 is 22.7 Å². The molecule has 0 amide bonds. The Kier molecular flexibility index (Phi) is 2.71. The van der Waals surface area contributed by atoms with E-state index < -0.39 is 0 Å². The van der Waals surface area contributed by atoms with Crippen molar-refractivity contribution in [2.75, 3.05) is 5.73 Å². The summed E-state index contributed by atoms with van der Waals surface area (Å²) in [6, 6.07) is 0. The summed E-state index contributed by atoms with van der Waals surface area (Å²) in [4.78, 5) is 10.5. The molecule has 18 heavy (non-hydrogen) atoms. The smallest absolute Gasteiger partial charge is 0.180 e. The Balaban J connectivity index is 2.11. The number of hydrogen-bond donors (Lipinski definition) is 1. The number of nitrogens with zero attached hydrogens (tertiary/aromatic N) is 2. The molecule has 0 aliphatic heterocycles. The Bertz CT molecular complexity index is 573. The van der Waals surface area contributed by atoms with E-state index in [2.05, 4.69) is 25.8 Å². The number of hydrogen-bond acceptors (Lipinski definition) is 5. The zero-order valence-electron chi connectivity index (χ0n) is 10.9. The van der Waals surface area contributed by atoms with Crippen molar-refractivity contribution < 1.29 is 0 Å². The molecule has 3 rings (SSSR count). The van der Waals surface area contributed by atoms with Crippen molar-refractivity contribution >= 4 is 27.8 Å². The molecule has 0 radical (unpaired) electrons. The molecule has 0 spiro atoms. The van der Waals surface area contributed by atoms with Crippen LogP contribution in [0.2, 0.25) is 0 Å².